The number of amides is 1. The van der Waals surface area contributed by atoms with Crippen molar-refractivity contribution in [1.29, 1.82) is 0 Å². The smallest absolute Gasteiger partial charge is 0.286 e. The van der Waals surface area contributed by atoms with Crippen LogP contribution in [0, 0.1) is 6.92 Å². The number of rotatable bonds is 10. The summed E-state index contributed by atoms with van der Waals surface area (Å²) in [6, 6.07) is 11.3. The highest BCUT2D eigenvalue weighted by Crippen LogP contribution is 2.13. The Labute approximate surface area is 151 Å². The highest BCUT2D eigenvalue weighted by Gasteiger charge is 2.12. The zero-order valence-electron chi connectivity index (χ0n) is 14.7. The summed E-state index contributed by atoms with van der Waals surface area (Å²) in [4.78, 5) is 12.0. The maximum Gasteiger partial charge on any atom is 0.286 e. The van der Waals surface area contributed by atoms with Crippen LogP contribution in [0.2, 0.25) is 0 Å². The third-order valence-corrected chi connectivity index (χ3v) is 4.85. The van der Waals surface area contributed by atoms with Gasteiger partial charge in [-0.05, 0) is 38.0 Å². The molecule has 1 heterocycles. The van der Waals surface area contributed by atoms with Crippen LogP contribution in [0.15, 0.2) is 40.8 Å². The maximum absolute atomic E-state index is 12.3. The molecule has 1 amide bonds. The summed E-state index contributed by atoms with van der Waals surface area (Å²) in [5, 5.41) is 2.78. The van der Waals surface area contributed by atoms with Crippen LogP contribution in [0.3, 0.4) is 0 Å². The molecule has 2 rings (SSSR count). The molecule has 25 heavy (non-hydrogen) atoms. The lowest BCUT2D eigenvalue weighted by Gasteiger charge is -2.04. The Hall–Kier alpha value is -1.92. The molecule has 1 aromatic heterocycles. The van der Waals surface area contributed by atoms with Gasteiger partial charge >= 0.3 is 0 Å². The van der Waals surface area contributed by atoms with E-state index in [4.69, 9.17) is 9.15 Å². The van der Waals surface area contributed by atoms with Gasteiger partial charge in [0.1, 0.15) is 5.76 Å². The van der Waals surface area contributed by atoms with Crippen molar-refractivity contribution in [3.05, 3.63) is 59.0 Å². The third-order valence-electron chi connectivity index (χ3n) is 3.59. The fraction of sp³-hybridized carbons (Fsp3) is 0.421. The van der Waals surface area contributed by atoms with Gasteiger partial charge in [0.2, 0.25) is 0 Å². The van der Waals surface area contributed by atoms with Gasteiger partial charge in [-0.1, -0.05) is 29.8 Å². The molecule has 2 aromatic rings. The van der Waals surface area contributed by atoms with E-state index in [1.165, 1.54) is 5.56 Å². The van der Waals surface area contributed by atoms with Crippen molar-refractivity contribution in [3.8, 4) is 0 Å². The minimum absolute atomic E-state index is 0.249. The summed E-state index contributed by atoms with van der Waals surface area (Å²) in [6.45, 7) is 5.79. The van der Waals surface area contributed by atoms with Crippen LogP contribution >= 0.6 is 0 Å². The fourth-order valence-corrected chi connectivity index (χ4v) is 3.40. The van der Waals surface area contributed by atoms with Gasteiger partial charge in [0.05, 0.1) is 5.75 Å². The van der Waals surface area contributed by atoms with Gasteiger partial charge < -0.3 is 14.5 Å². The summed E-state index contributed by atoms with van der Waals surface area (Å²) in [6.07, 6.45) is 0.758. The molecule has 0 aliphatic heterocycles. The second-order valence-corrected chi connectivity index (χ2v) is 7.24. The van der Waals surface area contributed by atoms with Gasteiger partial charge in [0.15, 0.2) is 5.76 Å². The Morgan fingerprint density at radius 2 is 1.92 bits per heavy atom. The van der Waals surface area contributed by atoms with Gasteiger partial charge in [0, 0.05) is 36.3 Å². The van der Waals surface area contributed by atoms with Crippen molar-refractivity contribution in [2.24, 2.45) is 0 Å². The molecule has 0 saturated carbocycles. The summed E-state index contributed by atoms with van der Waals surface area (Å²) in [5.41, 5.74) is 2.21. The lowest BCUT2D eigenvalue weighted by Crippen LogP contribution is -2.24. The molecule has 0 spiro atoms. The number of furan rings is 1. The topological polar surface area (TPSA) is 68.5 Å². The quantitative estimate of drug-likeness (QED) is 0.658. The molecule has 0 aliphatic rings. The number of benzene rings is 1. The monoisotopic (exact) mass is 363 g/mol. The molecule has 1 atom stereocenters. The van der Waals surface area contributed by atoms with E-state index in [2.05, 4.69) is 5.32 Å². The van der Waals surface area contributed by atoms with E-state index >= 15 is 0 Å². The standard InChI is InChI=1S/C19H25NO4S/c1-3-23-12-4-11-20-19(21)18-10-9-17(24-18)14-25(22)13-16-7-5-15(2)6-8-16/h5-10H,3-4,11-14H2,1-2H3,(H,20,21)/t25-/m1/s1. The van der Waals surface area contributed by atoms with Crippen LogP contribution < -0.4 is 5.32 Å². The van der Waals surface area contributed by atoms with Crippen LogP contribution in [-0.4, -0.2) is 29.9 Å². The Morgan fingerprint density at radius 1 is 1.16 bits per heavy atom. The Bertz CT molecular complexity index is 694. The molecule has 1 N–H and O–H groups in total. The number of hydrogen-bond acceptors (Lipinski definition) is 4. The second kappa shape index (κ2) is 10.2. The second-order valence-electron chi connectivity index (χ2n) is 5.79. The first kappa shape index (κ1) is 19.4. The highest BCUT2D eigenvalue weighted by molar-refractivity contribution is 7.83. The SMILES string of the molecule is CCOCCCNC(=O)c1ccc(C[S@](=O)Cc2ccc(C)cc2)o1. The van der Waals surface area contributed by atoms with Crippen LogP contribution in [0.25, 0.3) is 0 Å². The lowest BCUT2D eigenvalue weighted by molar-refractivity contribution is 0.0915. The van der Waals surface area contributed by atoms with Crippen LogP contribution in [0.4, 0.5) is 0 Å². The van der Waals surface area contributed by atoms with Crippen molar-refractivity contribution >= 4 is 16.7 Å². The molecule has 5 nitrogen and oxygen atoms in total. The van der Waals surface area contributed by atoms with E-state index in [0.717, 1.165) is 12.0 Å². The van der Waals surface area contributed by atoms with E-state index < -0.39 is 10.8 Å². The number of hydrogen-bond donors (Lipinski definition) is 1. The van der Waals surface area contributed by atoms with Crippen molar-refractivity contribution in [2.45, 2.75) is 31.8 Å². The van der Waals surface area contributed by atoms with Gasteiger partial charge in [-0.15, -0.1) is 0 Å². The molecule has 0 radical (unpaired) electrons. The summed E-state index contributed by atoms with van der Waals surface area (Å²) in [5.74, 6) is 1.32. The van der Waals surface area contributed by atoms with Crippen LogP contribution in [-0.2, 0) is 27.0 Å². The van der Waals surface area contributed by atoms with Gasteiger partial charge in [-0.3, -0.25) is 9.00 Å². The van der Waals surface area contributed by atoms with Crippen molar-refractivity contribution in [3.63, 3.8) is 0 Å². The number of aryl methyl sites for hydroxylation is 1. The van der Waals surface area contributed by atoms with Crippen molar-refractivity contribution in [1.82, 2.24) is 5.32 Å². The molecule has 0 bridgehead atoms. The van der Waals surface area contributed by atoms with E-state index in [1.54, 1.807) is 12.1 Å². The number of ether oxygens (including phenoxy) is 1. The molecule has 136 valence electrons. The number of nitrogens with one attached hydrogen (secondary N) is 1. The molecule has 0 unspecified atom stereocenters. The zero-order valence-corrected chi connectivity index (χ0v) is 15.6. The van der Waals surface area contributed by atoms with Gasteiger partial charge in [-0.25, -0.2) is 0 Å². The lowest BCUT2D eigenvalue weighted by atomic mass is 10.2. The highest BCUT2D eigenvalue weighted by atomic mass is 32.2. The first-order valence-corrected chi connectivity index (χ1v) is 9.92. The van der Waals surface area contributed by atoms with Crippen LogP contribution in [0.1, 0.15) is 40.8 Å². The Kier molecular flexibility index (Phi) is 7.88. The minimum Gasteiger partial charge on any atom is -0.455 e. The molecular weight excluding hydrogens is 338 g/mol. The van der Waals surface area contributed by atoms with Gasteiger partial charge in [0.25, 0.3) is 5.91 Å². The maximum atomic E-state index is 12.3. The average molecular weight is 363 g/mol. The summed E-state index contributed by atoms with van der Waals surface area (Å²) < 4.78 is 23.0. The Morgan fingerprint density at radius 3 is 2.64 bits per heavy atom. The molecule has 1 aromatic carbocycles. The molecule has 6 heteroatoms. The largest absolute Gasteiger partial charge is 0.455 e. The van der Waals surface area contributed by atoms with E-state index in [0.29, 0.717) is 37.0 Å². The molecule has 0 fully saturated rings. The molecule has 0 aliphatic carbocycles. The first-order chi connectivity index (χ1) is 12.1. The summed E-state index contributed by atoms with van der Waals surface area (Å²) >= 11 is 0. The number of carbonyl (C=O) groups excluding carboxylic acids is 1. The van der Waals surface area contributed by atoms with E-state index in [-0.39, 0.29) is 11.7 Å². The predicted molar refractivity (Wildman–Crippen MR) is 98.9 cm³/mol. The number of carbonyl (C=O) groups is 1. The molecular formula is C19H25NO4S. The summed E-state index contributed by atoms with van der Waals surface area (Å²) in [7, 11) is -1.08. The normalized spacial score (nSPS) is 12.1. The van der Waals surface area contributed by atoms with Crippen molar-refractivity contribution < 1.29 is 18.2 Å². The van der Waals surface area contributed by atoms with Crippen LogP contribution in [0.5, 0.6) is 0 Å². The fourth-order valence-electron chi connectivity index (χ4n) is 2.27. The van der Waals surface area contributed by atoms with E-state index in [1.807, 2.05) is 38.1 Å². The third kappa shape index (κ3) is 6.84. The average Bonchev–Trinajstić information content (AvgIpc) is 3.05. The zero-order chi connectivity index (χ0) is 18.1. The first-order valence-electron chi connectivity index (χ1n) is 8.43. The molecule has 0 saturated heterocycles. The predicted octanol–water partition coefficient (Wildman–Crippen LogP) is 3.19. The Balaban J connectivity index is 1.78. The van der Waals surface area contributed by atoms with Gasteiger partial charge in [-0.2, -0.15) is 0 Å². The van der Waals surface area contributed by atoms with E-state index in [9.17, 15) is 9.00 Å². The minimum atomic E-state index is -1.08. The van der Waals surface area contributed by atoms with Crippen molar-refractivity contribution in [2.75, 3.05) is 19.8 Å².